The van der Waals surface area contributed by atoms with E-state index in [9.17, 15) is 9.18 Å². The van der Waals surface area contributed by atoms with Crippen LogP contribution in [0.5, 0.6) is 0 Å². The van der Waals surface area contributed by atoms with E-state index in [-0.39, 0.29) is 30.9 Å². The largest absolute Gasteiger partial charge is 0.476 e. The van der Waals surface area contributed by atoms with Crippen LogP contribution in [-0.4, -0.2) is 35.2 Å². The summed E-state index contributed by atoms with van der Waals surface area (Å²) in [5.41, 5.74) is 0.306. The first-order chi connectivity index (χ1) is 9.06. The van der Waals surface area contributed by atoms with E-state index in [0.717, 1.165) is 25.6 Å². The third-order valence-corrected chi connectivity index (χ3v) is 3.05. The lowest BCUT2D eigenvalue weighted by Gasteiger charge is -2.13. The highest BCUT2D eigenvalue weighted by Crippen LogP contribution is 2.23. The van der Waals surface area contributed by atoms with E-state index in [1.165, 1.54) is 12.3 Å². The second-order valence-electron chi connectivity index (χ2n) is 4.23. The number of carboxylic acid groups (broad SMARTS) is 1. The first-order valence-electron chi connectivity index (χ1n) is 5.79. The molecule has 1 aromatic heterocycles. The lowest BCUT2D eigenvalue weighted by atomic mass is 10.2. The number of nitrogens with zero attached hydrogens (tertiary/aromatic N) is 1. The highest BCUT2D eigenvalue weighted by atomic mass is 35.5. The van der Waals surface area contributed by atoms with Gasteiger partial charge in [-0.1, -0.05) is 11.6 Å². The molecule has 5 nitrogen and oxygen atoms in total. The number of aromatic nitrogens is 1. The van der Waals surface area contributed by atoms with E-state index in [1.54, 1.807) is 0 Å². The van der Waals surface area contributed by atoms with E-state index >= 15 is 0 Å². The Morgan fingerprint density at radius 3 is 2.81 bits per heavy atom. The van der Waals surface area contributed by atoms with Gasteiger partial charge in [0.05, 0.1) is 5.02 Å². The average Bonchev–Trinajstić information content (AvgIpc) is 2.85. The van der Waals surface area contributed by atoms with Gasteiger partial charge < -0.3 is 15.7 Å². The summed E-state index contributed by atoms with van der Waals surface area (Å²) >= 11 is 6.03. The van der Waals surface area contributed by atoms with E-state index in [1.807, 2.05) is 0 Å². The molecule has 9 heteroatoms. The van der Waals surface area contributed by atoms with Crippen molar-refractivity contribution in [3.63, 3.8) is 0 Å². The number of aliphatic carboxylic acids is 1. The quantitative estimate of drug-likeness (QED) is 0.722. The number of pyridine rings is 1. The molecule has 2 heterocycles. The van der Waals surface area contributed by atoms with Crippen molar-refractivity contribution in [3.05, 3.63) is 28.7 Å². The number of rotatable bonds is 4. The van der Waals surface area contributed by atoms with E-state index in [2.05, 4.69) is 15.6 Å². The SMILES string of the molecule is Cl.Cl.O=C(O)C(F)=Cc1cnc(N[C@@H]2CCNC2)c(Cl)c1. The maximum absolute atomic E-state index is 12.9. The fraction of sp³-hybridized carbons (Fsp3) is 0.333. The fourth-order valence-electron chi connectivity index (χ4n) is 1.82. The van der Waals surface area contributed by atoms with E-state index < -0.39 is 11.8 Å². The van der Waals surface area contributed by atoms with Crippen LogP contribution in [0.1, 0.15) is 12.0 Å². The summed E-state index contributed by atoms with van der Waals surface area (Å²) in [5.74, 6) is -2.35. The van der Waals surface area contributed by atoms with Crippen molar-refractivity contribution in [1.29, 1.82) is 0 Å². The number of halogens is 4. The Balaban J connectivity index is 0.00000200. The van der Waals surface area contributed by atoms with E-state index in [4.69, 9.17) is 16.7 Å². The van der Waals surface area contributed by atoms with Gasteiger partial charge >= 0.3 is 5.97 Å². The Kier molecular flexibility index (Phi) is 8.58. The fourth-order valence-corrected chi connectivity index (χ4v) is 2.05. The molecule has 1 atom stereocenters. The number of hydrogen-bond acceptors (Lipinski definition) is 4. The van der Waals surface area contributed by atoms with Crippen LogP contribution < -0.4 is 10.6 Å². The van der Waals surface area contributed by atoms with Crippen molar-refractivity contribution in [2.75, 3.05) is 18.4 Å². The van der Waals surface area contributed by atoms with Gasteiger partial charge in [-0.15, -0.1) is 24.8 Å². The number of hydrogen-bond donors (Lipinski definition) is 3. The third-order valence-electron chi connectivity index (χ3n) is 2.76. The molecule has 0 aliphatic carbocycles. The van der Waals surface area contributed by atoms with Gasteiger partial charge in [-0.05, 0) is 30.7 Å². The molecule has 21 heavy (non-hydrogen) atoms. The highest BCUT2D eigenvalue weighted by molar-refractivity contribution is 6.33. The Bertz CT molecular complexity index is 522. The van der Waals surface area contributed by atoms with Crippen LogP contribution in [0.25, 0.3) is 6.08 Å². The summed E-state index contributed by atoms with van der Waals surface area (Å²) in [6, 6.07) is 1.74. The Labute approximate surface area is 138 Å². The molecule has 0 unspecified atom stereocenters. The van der Waals surface area contributed by atoms with Gasteiger partial charge in [0.15, 0.2) is 0 Å². The Morgan fingerprint density at radius 2 is 2.29 bits per heavy atom. The van der Waals surface area contributed by atoms with Crippen LogP contribution in [0.15, 0.2) is 18.1 Å². The number of nitrogens with one attached hydrogen (secondary N) is 2. The van der Waals surface area contributed by atoms with Crippen molar-refractivity contribution in [1.82, 2.24) is 10.3 Å². The molecule has 0 aromatic carbocycles. The molecule has 1 fully saturated rings. The molecule has 0 saturated carbocycles. The summed E-state index contributed by atoms with van der Waals surface area (Å²) in [6.07, 6.45) is 3.23. The zero-order chi connectivity index (χ0) is 13.8. The molecule has 1 aliphatic heterocycles. The van der Waals surface area contributed by atoms with Gasteiger partial charge in [-0.2, -0.15) is 4.39 Å². The maximum atomic E-state index is 12.9. The second kappa shape index (κ2) is 9.04. The normalized spacial score (nSPS) is 17.6. The van der Waals surface area contributed by atoms with Crippen LogP contribution in [0.4, 0.5) is 10.2 Å². The summed E-state index contributed by atoms with van der Waals surface area (Å²) < 4.78 is 12.9. The first-order valence-corrected chi connectivity index (χ1v) is 6.17. The molecule has 2 rings (SSSR count). The molecule has 1 saturated heterocycles. The third kappa shape index (κ3) is 5.67. The molecule has 0 radical (unpaired) electrons. The monoisotopic (exact) mass is 357 g/mol. The van der Waals surface area contributed by atoms with Crippen LogP contribution in [0.2, 0.25) is 5.02 Å². The predicted molar refractivity (Wildman–Crippen MR) is 85.4 cm³/mol. The van der Waals surface area contributed by atoms with Crippen LogP contribution in [-0.2, 0) is 4.79 Å². The number of anilines is 1. The molecule has 0 spiro atoms. The molecular weight excluding hydrogens is 344 g/mol. The van der Waals surface area contributed by atoms with Crippen molar-refractivity contribution in [2.45, 2.75) is 12.5 Å². The number of carbonyl (C=O) groups is 1. The van der Waals surface area contributed by atoms with Crippen molar-refractivity contribution in [3.8, 4) is 0 Å². The van der Waals surface area contributed by atoms with Gasteiger partial charge in [0.25, 0.3) is 0 Å². The van der Waals surface area contributed by atoms with Gasteiger partial charge in [0.2, 0.25) is 5.83 Å². The molecule has 1 aromatic rings. The molecule has 118 valence electrons. The minimum absolute atomic E-state index is 0. The minimum atomic E-state index is -1.62. The van der Waals surface area contributed by atoms with Gasteiger partial charge in [-0.3, -0.25) is 0 Å². The maximum Gasteiger partial charge on any atom is 0.364 e. The Morgan fingerprint density at radius 1 is 1.57 bits per heavy atom. The molecular formula is C12H15Cl3FN3O2. The van der Waals surface area contributed by atoms with Crippen LogP contribution in [0.3, 0.4) is 0 Å². The van der Waals surface area contributed by atoms with Crippen molar-refractivity contribution >= 4 is 54.3 Å². The molecule has 0 bridgehead atoms. The number of carboxylic acids is 1. The van der Waals surface area contributed by atoms with Crippen LogP contribution in [0, 0.1) is 0 Å². The first kappa shape index (κ1) is 19.9. The van der Waals surface area contributed by atoms with Gasteiger partial charge in [-0.25, -0.2) is 9.78 Å². The topological polar surface area (TPSA) is 74.2 Å². The summed E-state index contributed by atoms with van der Waals surface area (Å²) in [6.45, 7) is 1.78. The summed E-state index contributed by atoms with van der Waals surface area (Å²) in [7, 11) is 0. The predicted octanol–water partition coefficient (Wildman–Crippen LogP) is 2.75. The van der Waals surface area contributed by atoms with Crippen molar-refractivity contribution < 1.29 is 14.3 Å². The zero-order valence-electron chi connectivity index (χ0n) is 10.8. The van der Waals surface area contributed by atoms with Crippen LogP contribution >= 0.6 is 36.4 Å². The van der Waals surface area contributed by atoms with Gasteiger partial charge in [0.1, 0.15) is 5.82 Å². The average molecular weight is 359 g/mol. The lowest BCUT2D eigenvalue weighted by Crippen LogP contribution is -2.22. The second-order valence-corrected chi connectivity index (χ2v) is 4.64. The molecule has 1 aliphatic rings. The van der Waals surface area contributed by atoms with Gasteiger partial charge in [0, 0.05) is 18.8 Å². The summed E-state index contributed by atoms with van der Waals surface area (Å²) in [5, 5.41) is 15.2. The van der Waals surface area contributed by atoms with E-state index in [0.29, 0.717) is 16.4 Å². The lowest BCUT2D eigenvalue weighted by molar-refractivity contribution is -0.134. The molecule has 0 amide bonds. The smallest absolute Gasteiger partial charge is 0.364 e. The van der Waals surface area contributed by atoms with Crippen molar-refractivity contribution in [2.24, 2.45) is 0 Å². The zero-order valence-corrected chi connectivity index (χ0v) is 13.2. The Hall–Kier alpha value is -1.08. The summed E-state index contributed by atoms with van der Waals surface area (Å²) in [4.78, 5) is 14.4. The highest BCUT2D eigenvalue weighted by Gasteiger charge is 2.16. The standard InChI is InChI=1S/C12H13ClFN3O2.2ClH/c13-9-3-7(4-10(14)12(18)19)5-16-11(9)17-8-1-2-15-6-8;;/h3-5,8,15H,1-2,6H2,(H,16,17)(H,18,19);2*1H/t8-;;/m1../s1. The molecule has 3 N–H and O–H groups in total. The minimum Gasteiger partial charge on any atom is -0.476 e.